The Kier molecular flexibility index (Phi) is 5.71. The molecular weight excluding hydrogens is 404 g/mol. The first-order valence-electron chi connectivity index (χ1n) is 10.2. The molecule has 4 rings (SSSR count). The highest BCUT2D eigenvalue weighted by atomic mass is 32.2. The second-order valence-corrected chi connectivity index (χ2v) is 9.74. The maximum absolute atomic E-state index is 13.3. The number of carbonyl (C=O) groups is 1. The third-order valence-corrected chi connectivity index (χ3v) is 7.38. The molecule has 0 aliphatic carbocycles. The fourth-order valence-electron chi connectivity index (χ4n) is 3.79. The van der Waals surface area contributed by atoms with Crippen molar-refractivity contribution in [2.75, 3.05) is 25.1 Å². The molecule has 1 N–H and O–H groups in total. The van der Waals surface area contributed by atoms with Crippen LogP contribution in [-0.4, -0.2) is 44.4 Å². The Labute approximate surface area is 177 Å². The van der Waals surface area contributed by atoms with Crippen LogP contribution in [0.4, 0.5) is 5.69 Å². The number of sulfonamides is 1. The van der Waals surface area contributed by atoms with Crippen molar-refractivity contribution in [1.82, 2.24) is 4.31 Å². The molecular formula is C22H26N2O5S. The molecule has 8 heteroatoms. The lowest BCUT2D eigenvalue weighted by Gasteiger charge is -2.24. The van der Waals surface area contributed by atoms with Gasteiger partial charge in [0.25, 0.3) is 0 Å². The SMILES string of the molecule is CC(C)c1ccc(NC(=O)C2CCCN2S(=O)(=O)c2ccc3c(c2)OCCO3)cc1. The lowest BCUT2D eigenvalue weighted by atomic mass is 10.0. The number of hydrogen-bond donors (Lipinski definition) is 1. The zero-order valence-electron chi connectivity index (χ0n) is 17.1. The van der Waals surface area contributed by atoms with Crippen molar-refractivity contribution in [3.8, 4) is 11.5 Å². The number of carbonyl (C=O) groups excluding carboxylic acids is 1. The normalized spacial score (nSPS) is 19.1. The molecule has 2 aromatic rings. The predicted molar refractivity (Wildman–Crippen MR) is 114 cm³/mol. The Morgan fingerprint density at radius 1 is 1.07 bits per heavy atom. The molecule has 30 heavy (non-hydrogen) atoms. The van der Waals surface area contributed by atoms with Gasteiger partial charge in [0.15, 0.2) is 11.5 Å². The van der Waals surface area contributed by atoms with Crippen LogP contribution in [0.5, 0.6) is 11.5 Å². The summed E-state index contributed by atoms with van der Waals surface area (Å²) in [5.74, 6) is 1.02. The summed E-state index contributed by atoms with van der Waals surface area (Å²) in [5.41, 5.74) is 1.84. The molecule has 0 radical (unpaired) electrons. The monoisotopic (exact) mass is 430 g/mol. The first-order valence-corrected chi connectivity index (χ1v) is 11.6. The second-order valence-electron chi connectivity index (χ2n) is 7.85. The van der Waals surface area contributed by atoms with Crippen molar-refractivity contribution in [1.29, 1.82) is 0 Å². The molecule has 2 aliphatic rings. The molecule has 1 atom stereocenters. The van der Waals surface area contributed by atoms with E-state index in [9.17, 15) is 13.2 Å². The Morgan fingerprint density at radius 3 is 2.47 bits per heavy atom. The van der Waals surface area contributed by atoms with Crippen LogP contribution in [0, 0.1) is 0 Å². The van der Waals surface area contributed by atoms with Crippen LogP contribution >= 0.6 is 0 Å². The van der Waals surface area contributed by atoms with Crippen molar-refractivity contribution in [2.45, 2.75) is 43.5 Å². The van der Waals surface area contributed by atoms with E-state index in [0.29, 0.717) is 55.7 Å². The van der Waals surface area contributed by atoms with E-state index in [0.717, 1.165) is 0 Å². The van der Waals surface area contributed by atoms with Crippen LogP contribution in [0.3, 0.4) is 0 Å². The van der Waals surface area contributed by atoms with Crippen LogP contribution in [-0.2, 0) is 14.8 Å². The third kappa shape index (κ3) is 4.02. The number of nitrogens with one attached hydrogen (secondary N) is 1. The fraction of sp³-hybridized carbons (Fsp3) is 0.409. The Bertz CT molecular complexity index is 1030. The van der Waals surface area contributed by atoms with Gasteiger partial charge in [-0.25, -0.2) is 8.42 Å². The van der Waals surface area contributed by atoms with E-state index in [1.807, 2.05) is 24.3 Å². The van der Waals surface area contributed by atoms with Gasteiger partial charge in [-0.3, -0.25) is 4.79 Å². The molecule has 2 aromatic carbocycles. The van der Waals surface area contributed by atoms with Crippen LogP contribution in [0.15, 0.2) is 47.4 Å². The Morgan fingerprint density at radius 2 is 1.77 bits per heavy atom. The van der Waals surface area contributed by atoms with Crippen LogP contribution < -0.4 is 14.8 Å². The van der Waals surface area contributed by atoms with Gasteiger partial charge >= 0.3 is 0 Å². The highest BCUT2D eigenvalue weighted by Crippen LogP contribution is 2.35. The Balaban J connectivity index is 1.53. The van der Waals surface area contributed by atoms with Crippen LogP contribution in [0.1, 0.15) is 38.2 Å². The summed E-state index contributed by atoms with van der Waals surface area (Å²) in [6.07, 6.45) is 1.12. The molecule has 0 bridgehead atoms. The minimum absolute atomic E-state index is 0.104. The molecule has 1 amide bonds. The molecule has 1 unspecified atom stereocenters. The summed E-state index contributed by atoms with van der Waals surface area (Å²) in [5, 5.41) is 2.86. The van der Waals surface area contributed by atoms with E-state index in [4.69, 9.17) is 9.47 Å². The van der Waals surface area contributed by atoms with Gasteiger partial charge in [0, 0.05) is 18.3 Å². The number of fused-ring (bicyclic) bond motifs is 1. The van der Waals surface area contributed by atoms with E-state index in [1.54, 1.807) is 6.07 Å². The molecule has 1 saturated heterocycles. The number of amides is 1. The fourth-order valence-corrected chi connectivity index (χ4v) is 5.46. The van der Waals surface area contributed by atoms with Gasteiger partial charge in [-0.05, 0) is 48.6 Å². The van der Waals surface area contributed by atoms with Gasteiger partial charge in [-0.15, -0.1) is 0 Å². The summed E-state index contributed by atoms with van der Waals surface area (Å²) in [6, 6.07) is 11.5. The van der Waals surface area contributed by atoms with Gasteiger partial charge in [-0.1, -0.05) is 26.0 Å². The van der Waals surface area contributed by atoms with Gasteiger partial charge in [0.2, 0.25) is 15.9 Å². The minimum Gasteiger partial charge on any atom is -0.486 e. The molecule has 0 saturated carbocycles. The number of rotatable bonds is 5. The topological polar surface area (TPSA) is 84.9 Å². The summed E-state index contributed by atoms with van der Waals surface area (Å²) in [6.45, 7) is 5.33. The maximum Gasteiger partial charge on any atom is 0.243 e. The highest BCUT2D eigenvalue weighted by molar-refractivity contribution is 7.89. The van der Waals surface area contributed by atoms with Crippen molar-refractivity contribution in [2.24, 2.45) is 0 Å². The number of hydrogen-bond acceptors (Lipinski definition) is 5. The van der Waals surface area contributed by atoms with Crippen molar-refractivity contribution in [3.05, 3.63) is 48.0 Å². The van der Waals surface area contributed by atoms with Crippen LogP contribution in [0.25, 0.3) is 0 Å². The number of benzene rings is 2. The van der Waals surface area contributed by atoms with Crippen molar-refractivity contribution in [3.63, 3.8) is 0 Å². The zero-order chi connectivity index (χ0) is 21.3. The second kappa shape index (κ2) is 8.28. The summed E-state index contributed by atoms with van der Waals surface area (Å²) >= 11 is 0. The maximum atomic E-state index is 13.3. The van der Waals surface area contributed by atoms with E-state index in [-0.39, 0.29) is 10.8 Å². The lowest BCUT2D eigenvalue weighted by Crippen LogP contribution is -2.43. The van der Waals surface area contributed by atoms with Crippen molar-refractivity contribution >= 4 is 21.6 Å². The van der Waals surface area contributed by atoms with E-state index < -0.39 is 16.1 Å². The summed E-state index contributed by atoms with van der Waals surface area (Å²) in [7, 11) is -3.84. The molecule has 2 heterocycles. The van der Waals surface area contributed by atoms with Gasteiger partial charge in [0.05, 0.1) is 4.90 Å². The average molecular weight is 431 g/mol. The third-order valence-electron chi connectivity index (χ3n) is 5.47. The van der Waals surface area contributed by atoms with E-state index in [2.05, 4.69) is 19.2 Å². The number of nitrogens with zero attached hydrogens (tertiary/aromatic N) is 1. The predicted octanol–water partition coefficient (Wildman–Crippen LogP) is 3.37. The molecule has 1 fully saturated rings. The number of ether oxygens (including phenoxy) is 2. The summed E-state index contributed by atoms with van der Waals surface area (Å²) < 4.78 is 38.8. The van der Waals surface area contributed by atoms with E-state index >= 15 is 0 Å². The Hall–Kier alpha value is -2.58. The lowest BCUT2D eigenvalue weighted by molar-refractivity contribution is -0.119. The van der Waals surface area contributed by atoms with Gasteiger partial charge in [-0.2, -0.15) is 4.31 Å². The van der Waals surface area contributed by atoms with Crippen LogP contribution in [0.2, 0.25) is 0 Å². The van der Waals surface area contributed by atoms with E-state index in [1.165, 1.54) is 22.0 Å². The quantitative estimate of drug-likeness (QED) is 0.786. The molecule has 0 aromatic heterocycles. The number of anilines is 1. The zero-order valence-corrected chi connectivity index (χ0v) is 17.9. The van der Waals surface area contributed by atoms with Gasteiger partial charge in [0.1, 0.15) is 19.3 Å². The average Bonchev–Trinajstić information content (AvgIpc) is 3.25. The molecule has 160 valence electrons. The molecule has 0 spiro atoms. The minimum atomic E-state index is -3.84. The van der Waals surface area contributed by atoms with Gasteiger partial charge < -0.3 is 14.8 Å². The highest BCUT2D eigenvalue weighted by Gasteiger charge is 2.39. The molecule has 7 nitrogen and oxygen atoms in total. The standard InChI is InChI=1S/C22H26N2O5S/c1-15(2)16-5-7-17(8-6-16)23-22(25)19-4-3-11-24(19)30(26,27)18-9-10-20-21(14-18)29-13-12-28-20/h5-10,14-15,19H,3-4,11-13H2,1-2H3,(H,23,25). The van der Waals surface area contributed by atoms with Crippen molar-refractivity contribution < 1.29 is 22.7 Å². The smallest absolute Gasteiger partial charge is 0.243 e. The largest absolute Gasteiger partial charge is 0.486 e. The first-order chi connectivity index (χ1) is 14.4. The summed E-state index contributed by atoms with van der Waals surface area (Å²) in [4.78, 5) is 13.0. The first kappa shape index (κ1) is 20.7. The molecule has 2 aliphatic heterocycles.